The lowest BCUT2D eigenvalue weighted by atomic mass is 9.99. The molecule has 5 aliphatic heterocycles. The molecule has 11 heterocycles. The third-order valence-corrected chi connectivity index (χ3v) is 26.7. The molecule has 146 heavy (non-hydrogen) atoms. The molecule has 35 nitrogen and oxygen atoms in total. The third kappa shape index (κ3) is 33.4. The number of aryl methyl sites for hydroxylation is 6. The van der Waals surface area contributed by atoms with Crippen LogP contribution in [-0.2, 0) is 132 Å². The largest absolute Gasteiger partial charge is 0.481 e. The summed E-state index contributed by atoms with van der Waals surface area (Å²) in [6, 6.07) is 27.5. The van der Waals surface area contributed by atoms with Gasteiger partial charge in [-0.2, -0.15) is 15.3 Å². The lowest BCUT2D eigenvalue weighted by molar-refractivity contribution is -0.141. The second-order valence-corrected chi connectivity index (χ2v) is 39.8. The molecule has 5 aliphatic rings. The van der Waals surface area contributed by atoms with Crippen LogP contribution in [0.15, 0.2) is 104 Å². The molecule has 2 unspecified atom stereocenters. The van der Waals surface area contributed by atoms with E-state index in [1.54, 1.807) is 30.9 Å². The van der Waals surface area contributed by atoms with Gasteiger partial charge in [0, 0.05) is 258 Å². The monoisotopic (exact) mass is 2020 g/mol. The zero-order chi connectivity index (χ0) is 105. The van der Waals surface area contributed by atoms with E-state index in [1.165, 1.54) is 12.1 Å². The summed E-state index contributed by atoms with van der Waals surface area (Å²) < 4.78 is 57.2. The molecule has 6 aromatic heterocycles. The van der Waals surface area contributed by atoms with E-state index in [1.807, 2.05) is 117 Å². The smallest absolute Gasteiger partial charge is 0.410 e. The maximum absolute atomic E-state index is 15.1. The Hall–Kier alpha value is -12.2. The lowest BCUT2D eigenvalue weighted by Crippen LogP contribution is -2.54. The van der Waals surface area contributed by atoms with Crippen LogP contribution in [0.5, 0.6) is 0 Å². The molecule has 5 saturated heterocycles. The van der Waals surface area contributed by atoms with E-state index in [2.05, 4.69) is 122 Å². The van der Waals surface area contributed by atoms with Crippen molar-refractivity contribution < 1.29 is 76.6 Å². The number of amides is 4. The number of anilines is 3. The minimum Gasteiger partial charge on any atom is -0.481 e. The SMILES string of the molecule is CC(CC(=O)O)CC(=O)O.CCc1nc2c(cnn2CC)c(NC2CCOCC2)c1CN.CCc1nc2c(cnn2CC)c(NC2CCOCC2)c1CNC(=O)CC(C)CC(=O)NCc1ccc(F)c(-c2cccc(CN3CCN[C@@H](C)C3)c2)c1.CCc1nc2c(cnn2CC)c(NC2CCOCC2)c1CNC(=O)CC(C)CC(=O)O.C[C@H]1CN(Cc2cccc(-c3cc(CN)ccc3F)c2)CCN1C(=O)OC(C)(C)C. The molecule has 0 aliphatic carbocycles. The summed E-state index contributed by atoms with van der Waals surface area (Å²) in [6.45, 7) is 42.9. The molecule has 4 amide bonds. The first-order valence-corrected chi connectivity index (χ1v) is 52.0. The van der Waals surface area contributed by atoms with Crippen molar-refractivity contribution in [2.24, 2.45) is 29.2 Å². The normalized spacial score (nSPS) is 16.5. The lowest BCUT2D eigenvalue weighted by Gasteiger charge is -2.40. The summed E-state index contributed by atoms with van der Waals surface area (Å²) in [4.78, 5) is 103. The number of piperazine rings is 2. The van der Waals surface area contributed by atoms with Gasteiger partial charge in [0.1, 0.15) is 17.2 Å². The van der Waals surface area contributed by atoms with Gasteiger partial charge in [-0.05, 0) is 201 Å². The summed E-state index contributed by atoms with van der Waals surface area (Å²) >= 11 is 0. The van der Waals surface area contributed by atoms with Crippen molar-refractivity contribution >= 4 is 91.9 Å². The molecule has 37 heteroatoms. The number of hydrogen-bond donors (Lipinski definition) is 12. The number of nitrogens with zero attached hydrogens (tertiary/aromatic N) is 12. The van der Waals surface area contributed by atoms with Crippen LogP contribution in [-0.4, -0.2) is 231 Å². The predicted octanol–water partition coefficient (Wildman–Crippen LogP) is 15.3. The summed E-state index contributed by atoms with van der Waals surface area (Å²) in [7, 11) is 0. The number of carboxylic acid groups (broad SMARTS) is 3. The molecule has 794 valence electrons. The van der Waals surface area contributed by atoms with Crippen LogP contribution in [0.25, 0.3) is 55.4 Å². The molecule has 5 fully saturated rings. The highest BCUT2D eigenvalue weighted by molar-refractivity contribution is 5.94. The molecule has 15 rings (SSSR count). The van der Waals surface area contributed by atoms with Gasteiger partial charge in [0.15, 0.2) is 16.9 Å². The van der Waals surface area contributed by atoms with E-state index in [0.717, 1.165) is 267 Å². The number of halogens is 2. The molecule has 10 aromatic rings. The van der Waals surface area contributed by atoms with Gasteiger partial charge in [0.2, 0.25) is 17.7 Å². The average Bonchev–Trinajstić information content (AvgIpc) is 1.61. The Morgan fingerprint density at radius 3 is 1.23 bits per heavy atom. The van der Waals surface area contributed by atoms with E-state index in [-0.39, 0.29) is 110 Å². The standard InChI is InChI=1S/C41H55FN8O3.C24H32FN3O2.C22H33N5O4.C16H25N5O.C6H10O4/c1-5-37-34(40(47-32-12-16-53-17-13-32)35-24-46-50(6-2)41(35)48-37)23-45-39(52)19-27(3)18-38(51)44-22-29-10-11-36(42)33(21-29)31-9-7-8-30(20-31)26-49-15-14-43-28(4)25-49;1-17-15-27(10-11-28(17)23(29)30-24(2,3)4)16-19-6-5-7-20(12-19)21-13-18(14-26)8-9-22(21)25;1-4-18-16(12-23-19(28)10-14(3)11-20(29)30)21(25-15-6-8-31-9-7-15)17-13-24-27(5-2)22(17)26-18;1-3-14-12(9-17)15(19-11-5-7-22-8-6-11)13-10-18-21(4-2)16(13)20-14;1-4(2-5(7)8)3-6(9)10/h7-11,20-21,24,27-28,32,43H,5-6,12-19,22-23,25-26H2,1-4H3,(H,44,51)(H,45,52)(H,47,48);5-9,12-13,17H,10-11,14-16,26H2,1-4H3;13-15H,4-12H2,1-3H3,(H,23,28)(H,25,26)(H,29,30);10-11H,3-9,17H2,1-2H3,(H,19,20);4H,2-3H2,1H3,(H,7,8)(H,9,10)/t27?,28-;17-;;;/m00.../s1. The van der Waals surface area contributed by atoms with Crippen LogP contribution in [0.1, 0.15) is 230 Å². The maximum Gasteiger partial charge on any atom is 0.410 e. The number of aliphatic carboxylic acids is 3. The average molecular weight is 2020 g/mol. The van der Waals surface area contributed by atoms with Crippen LogP contribution in [0.3, 0.4) is 0 Å². The first-order chi connectivity index (χ1) is 70.1. The molecule has 0 spiro atoms. The summed E-state index contributed by atoms with van der Waals surface area (Å²) in [6.07, 6.45) is 13.8. The van der Waals surface area contributed by atoms with Crippen LogP contribution in [0.2, 0.25) is 0 Å². The molecule has 0 radical (unpaired) electrons. The number of carboxylic acids is 3. The Labute approximate surface area is 856 Å². The molecular formula is C109H155F2N21O14. The van der Waals surface area contributed by atoms with Crippen LogP contribution >= 0.6 is 0 Å². The van der Waals surface area contributed by atoms with Gasteiger partial charge in [-0.15, -0.1) is 0 Å². The van der Waals surface area contributed by atoms with E-state index in [0.29, 0.717) is 74.9 Å². The Morgan fingerprint density at radius 2 is 0.849 bits per heavy atom. The fraction of sp³-hybridized carbons (Fsp3) is 0.550. The Morgan fingerprint density at radius 1 is 0.473 bits per heavy atom. The Kier molecular flexibility index (Phi) is 43.8. The maximum atomic E-state index is 15.1. The zero-order valence-corrected chi connectivity index (χ0v) is 87.7. The van der Waals surface area contributed by atoms with Gasteiger partial charge in [-0.3, -0.25) is 38.6 Å². The highest BCUT2D eigenvalue weighted by Crippen LogP contribution is 2.37. The third-order valence-electron chi connectivity index (χ3n) is 26.7. The second-order valence-electron chi connectivity index (χ2n) is 39.8. The molecular weight excluding hydrogens is 1870 g/mol. The molecule has 4 atom stereocenters. The van der Waals surface area contributed by atoms with Crippen LogP contribution < -0.4 is 48.7 Å². The zero-order valence-electron chi connectivity index (χ0n) is 87.7. The van der Waals surface area contributed by atoms with Crippen molar-refractivity contribution in [1.29, 1.82) is 0 Å². The first kappa shape index (κ1) is 114. The summed E-state index contributed by atoms with van der Waals surface area (Å²) in [5, 5.41) is 65.5. The number of ether oxygens (including phenoxy) is 4. The Bertz CT molecular complexity index is 5970. The molecule has 4 aromatic carbocycles. The van der Waals surface area contributed by atoms with Crippen molar-refractivity contribution in [3.63, 3.8) is 0 Å². The topological polar surface area (TPSA) is 455 Å². The van der Waals surface area contributed by atoms with Gasteiger partial charge < -0.3 is 87.9 Å². The van der Waals surface area contributed by atoms with Gasteiger partial charge in [0.05, 0.1) is 51.8 Å². The van der Waals surface area contributed by atoms with Crippen molar-refractivity contribution in [1.82, 2.24) is 80.3 Å². The minimum absolute atomic E-state index is 0.0199. The van der Waals surface area contributed by atoms with Gasteiger partial charge in [0.25, 0.3) is 0 Å². The quantitative estimate of drug-likeness (QED) is 0.0171. The van der Waals surface area contributed by atoms with E-state index < -0.39 is 23.5 Å². The number of hydrogen-bond acceptors (Lipinski definition) is 25. The van der Waals surface area contributed by atoms with Crippen LogP contribution in [0.4, 0.5) is 30.6 Å². The van der Waals surface area contributed by atoms with Crippen molar-refractivity contribution in [3.05, 3.63) is 171 Å². The summed E-state index contributed by atoms with van der Waals surface area (Å²) in [5.41, 5.74) is 29.7. The number of fused-ring (bicyclic) bond motifs is 3. The fourth-order valence-corrected chi connectivity index (χ4v) is 19.1. The molecule has 0 saturated carbocycles. The Balaban J connectivity index is 0.000000188. The highest BCUT2D eigenvalue weighted by atomic mass is 19.1. The first-order valence-electron chi connectivity index (χ1n) is 52.0. The van der Waals surface area contributed by atoms with Crippen molar-refractivity contribution in [3.8, 4) is 22.3 Å². The number of rotatable bonds is 38. The van der Waals surface area contributed by atoms with E-state index >= 15 is 4.39 Å². The van der Waals surface area contributed by atoms with Gasteiger partial charge in [-0.1, -0.05) is 90.1 Å². The molecule has 0 bridgehead atoms. The van der Waals surface area contributed by atoms with E-state index in [4.69, 9.17) is 60.7 Å². The predicted molar refractivity (Wildman–Crippen MR) is 564 cm³/mol. The van der Waals surface area contributed by atoms with Crippen molar-refractivity contribution in [2.45, 2.75) is 295 Å². The fourth-order valence-electron chi connectivity index (χ4n) is 19.1. The second kappa shape index (κ2) is 56.1. The molecule has 14 N–H and O–H groups in total. The minimum atomic E-state index is -0.950. The number of carbonyl (C=O) groups is 7. The number of benzene rings is 4. The van der Waals surface area contributed by atoms with Crippen molar-refractivity contribution in [2.75, 3.05) is 94.9 Å². The highest BCUT2D eigenvalue weighted by Gasteiger charge is 2.33. The number of carbonyl (C=O) groups excluding carboxylic acids is 4. The van der Waals surface area contributed by atoms with E-state index in [9.17, 15) is 38.0 Å². The van der Waals surface area contributed by atoms with Crippen LogP contribution in [0, 0.1) is 29.4 Å². The number of nitrogens with one attached hydrogen (secondary N) is 7. The number of pyridine rings is 3. The van der Waals surface area contributed by atoms with Gasteiger partial charge >= 0.3 is 24.0 Å². The number of aromatic nitrogens is 9. The van der Waals surface area contributed by atoms with Gasteiger partial charge in [-0.25, -0.2) is 42.6 Å². The number of nitrogens with two attached hydrogens (primary N) is 2. The summed E-state index contributed by atoms with van der Waals surface area (Å²) in [5.74, 6) is -4.43.